The number of rotatable bonds is 2. The van der Waals surface area contributed by atoms with Crippen molar-refractivity contribution in [1.29, 1.82) is 0 Å². The molecule has 1 amide bonds. The van der Waals surface area contributed by atoms with E-state index in [1.54, 1.807) is 0 Å². The number of ketones is 1. The van der Waals surface area contributed by atoms with Gasteiger partial charge >= 0.3 is 0 Å². The third kappa shape index (κ3) is 3.71. The van der Waals surface area contributed by atoms with Gasteiger partial charge in [-0.05, 0) is 22.8 Å². The van der Waals surface area contributed by atoms with Gasteiger partial charge < -0.3 is 4.90 Å². The lowest BCUT2D eigenvalue weighted by molar-refractivity contribution is -0.133. The molecule has 0 spiro atoms. The molecule has 0 atom stereocenters. The quantitative estimate of drug-likeness (QED) is 0.724. The van der Waals surface area contributed by atoms with Gasteiger partial charge in [0.1, 0.15) is 0 Å². The summed E-state index contributed by atoms with van der Waals surface area (Å²) >= 11 is 0. The monoisotopic (exact) mass is 279 g/mol. The number of nitrogens with zero attached hydrogens (tertiary/aromatic N) is 1. The Balaban J connectivity index is 3.41. The van der Waals surface area contributed by atoms with Gasteiger partial charge in [0.05, 0.1) is 6.42 Å². The zero-order valence-corrected chi connectivity index (χ0v) is 14.1. The topological polar surface area (TPSA) is 37.4 Å². The maximum absolute atomic E-state index is 12.6. The van der Waals surface area contributed by atoms with Gasteiger partial charge in [-0.15, -0.1) is 0 Å². The smallest absolute Gasteiger partial charge is 0.230 e. The van der Waals surface area contributed by atoms with E-state index in [9.17, 15) is 9.59 Å². The minimum absolute atomic E-state index is 0.00558. The van der Waals surface area contributed by atoms with Crippen molar-refractivity contribution in [3.63, 3.8) is 0 Å². The van der Waals surface area contributed by atoms with Crippen molar-refractivity contribution < 1.29 is 9.59 Å². The molecule has 1 aliphatic rings. The molecule has 0 aromatic heterocycles. The Labute approximate surface area is 123 Å². The Morgan fingerprint density at radius 3 is 1.95 bits per heavy atom. The summed E-state index contributed by atoms with van der Waals surface area (Å²) in [6.07, 6.45) is 0.939. The number of allylic oxidation sites excluding steroid dienone is 1. The number of hydrogen-bond donors (Lipinski definition) is 0. The molecule has 0 N–H and O–H groups in total. The van der Waals surface area contributed by atoms with Crippen LogP contribution in [0.3, 0.4) is 0 Å². The molecular formula is C17H29NO2. The molecule has 3 nitrogen and oxygen atoms in total. The van der Waals surface area contributed by atoms with E-state index < -0.39 is 0 Å². The van der Waals surface area contributed by atoms with Crippen molar-refractivity contribution in [2.75, 3.05) is 13.1 Å². The minimum atomic E-state index is -0.220. The molecule has 1 rings (SSSR count). The molecule has 0 radical (unpaired) electrons. The van der Waals surface area contributed by atoms with Gasteiger partial charge in [-0.2, -0.15) is 0 Å². The van der Waals surface area contributed by atoms with Gasteiger partial charge in [-0.25, -0.2) is 0 Å². The molecule has 0 unspecified atom stereocenters. The van der Waals surface area contributed by atoms with Crippen molar-refractivity contribution in [1.82, 2.24) is 4.90 Å². The molecule has 0 saturated carbocycles. The molecule has 114 valence electrons. The van der Waals surface area contributed by atoms with Crippen LogP contribution >= 0.6 is 0 Å². The largest absolute Gasteiger partial charge is 0.338 e. The highest BCUT2D eigenvalue weighted by Crippen LogP contribution is 2.39. The van der Waals surface area contributed by atoms with Crippen LogP contribution in [-0.4, -0.2) is 29.7 Å². The average molecular weight is 279 g/mol. The second kappa shape index (κ2) is 5.71. The Morgan fingerprint density at radius 2 is 1.55 bits per heavy atom. The van der Waals surface area contributed by atoms with Gasteiger partial charge in [0.2, 0.25) is 5.91 Å². The summed E-state index contributed by atoms with van der Waals surface area (Å²) in [5.74, 6) is -0.0242. The Kier molecular flexibility index (Phi) is 4.83. The highest BCUT2D eigenvalue weighted by atomic mass is 16.2. The van der Waals surface area contributed by atoms with Crippen molar-refractivity contribution in [2.24, 2.45) is 10.8 Å². The highest BCUT2D eigenvalue weighted by molar-refractivity contribution is 6.09. The van der Waals surface area contributed by atoms with Gasteiger partial charge in [-0.1, -0.05) is 48.5 Å². The first-order valence-corrected chi connectivity index (χ1v) is 7.53. The first-order chi connectivity index (χ1) is 8.98. The SMILES string of the molecule is CCCN1CC(C(C)(C)C)=C(C(C)(C)C)C(=O)CC1=O. The molecule has 0 saturated heterocycles. The van der Waals surface area contributed by atoms with E-state index in [1.807, 2.05) is 4.90 Å². The van der Waals surface area contributed by atoms with Gasteiger partial charge in [0.15, 0.2) is 5.78 Å². The molecule has 0 aliphatic carbocycles. The predicted molar refractivity (Wildman–Crippen MR) is 82.4 cm³/mol. The average Bonchev–Trinajstić information content (AvgIpc) is 2.35. The summed E-state index contributed by atoms with van der Waals surface area (Å²) < 4.78 is 0. The lowest BCUT2D eigenvalue weighted by Gasteiger charge is -2.33. The van der Waals surface area contributed by atoms with Crippen molar-refractivity contribution in [2.45, 2.75) is 61.3 Å². The number of carbonyl (C=O) groups excluding carboxylic acids is 2. The van der Waals surface area contributed by atoms with Crippen LogP contribution in [0.15, 0.2) is 11.1 Å². The van der Waals surface area contributed by atoms with Crippen LogP contribution in [-0.2, 0) is 9.59 Å². The number of amides is 1. The first-order valence-electron chi connectivity index (χ1n) is 7.53. The molecular weight excluding hydrogens is 250 g/mol. The fourth-order valence-corrected chi connectivity index (χ4v) is 2.82. The maximum atomic E-state index is 12.6. The third-order valence-electron chi connectivity index (χ3n) is 3.74. The van der Waals surface area contributed by atoms with Gasteiger partial charge in [0, 0.05) is 18.7 Å². The summed E-state index contributed by atoms with van der Waals surface area (Å²) in [5.41, 5.74) is 1.66. The number of hydrogen-bond acceptors (Lipinski definition) is 2. The molecule has 1 aliphatic heterocycles. The number of Topliss-reactive ketones (excluding diaryl/α,β-unsaturated/α-hetero) is 1. The lowest BCUT2D eigenvalue weighted by Crippen LogP contribution is -2.34. The molecule has 1 heterocycles. The van der Waals surface area contributed by atoms with Gasteiger partial charge in [0.25, 0.3) is 0 Å². The molecule has 20 heavy (non-hydrogen) atoms. The van der Waals surface area contributed by atoms with Crippen molar-refractivity contribution in [3.05, 3.63) is 11.1 Å². The van der Waals surface area contributed by atoms with E-state index in [-0.39, 0.29) is 28.9 Å². The zero-order chi connectivity index (χ0) is 15.7. The Bertz CT molecular complexity index is 433. The summed E-state index contributed by atoms with van der Waals surface area (Å²) in [6, 6.07) is 0. The molecule has 0 fully saturated rings. The highest BCUT2D eigenvalue weighted by Gasteiger charge is 2.37. The predicted octanol–water partition coefficient (Wildman–Crippen LogP) is 3.59. The first kappa shape index (κ1) is 16.9. The normalized spacial score (nSPS) is 18.6. The lowest BCUT2D eigenvalue weighted by atomic mass is 9.73. The third-order valence-corrected chi connectivity index (χ3v) is 3.74. The second-order valence-electron chi connectivity index (χ2n) is 7.77. The van der Waals surface area contributed by atoms with E-state index in [1.165, 1.54) is 0 Å². The van der Waals surface area contributed by atoms with Crippen LogP contribution in [0.1, 0.15) is 61.3 Å². The van der Waals surface area contributed by atoms with Crippen LogP contribution in [0.4, 0.5) is 0 Å². The van der Waals surface area contributed by atoms with Crippen molar-refractivity contribution in [3.8, 4) is 0 Å². The molecule has 0 aromatic rings. The van der Waals surface area contributed by atoms with Crippen LogP contribution in [0.5, 0.6) is 0 Å². The van der Waals surface area contributed by atoms with E-state index in [2.05, 4.69) is 48.5 Å². The van der Waals surface area contributed by atoms with Crippen molar-refractivity contribution >= 4 is 11.7 Å². The van der Waals surface area contributed by atoms with Crippen LogP contribution < -0.4 is 0 Å². The van der Waals surface area contributed by atoms with Crippen LogP contribution in [0.25, 0.3) is 0 Å². The molecule has 0 bridgehead atoms. The fourth-order valence-electron chi connectivity index (χ4n) is 2.82. The Hall–Kier alpha value is -1.12. The summed E-state index contributed by atoms with van der Waals surface area (Å²) in [7, 11) is 0. The molecule has 0 aromatic carbocycles. The molecule has 3 heteroatoms. The maximum Gasteiger partial charge on any atom is 0.230 e. The second-order valence-corrected chi connectivity index (χ2v) is 7.77. The fraction of sp³-hybridized carbons (Fsp3) is 0.765. The summed E-state index contributed by atoms with van der Waals surface area (Å²) in [4.78, 5) is 26.7. The standard InChI is InChI=1S/C17H29NO2/c1-8-9-18-11-12(16(2,3)4)15(17(5,6)7)13(19)10-14(18)20/h8-11H2,1-7H3. The number of carbonyl (C=O) groups is 2. The van der Waals surface area contributed by atoms with Gasteiger partial charge in [-0.3, -0.25) is 9.59 Å². The minimum Gasteiger partial charge on any atom is -0.338 e. The van der Waals surface area contributed by atoms with Crippen LogP contribution in [0.2, 0.25) is 0 Å². The van der Waals surface area contributed by atoms with E-state index in [0.29, 0.717) is 6.54 Å². The zero-order valence-electron chi connectivity index (χ0n) is 14.1. The summed E-state index contributed by atoms with van der Waals surface area (Å²) in [6.45, 7) is 15.9. The Morgan fingerprint density at radius 1 is 1.00 bits per heavy atom. The summed E-state index contributed by atoms with van der Waals surface area (Å²) in [5, 5.41) is 0. The van der Waals surface area contributed by atoms with E-state index in [4.69, 9.17) is 0 Å². The van der Waals surface area contributed by atoms with Crippen LogP contribution in [0, 0.1) is 10.8 Å². The van der Waals surface area contributed by atoms with E-state index >= 15 is 0 Å². The van der Waals surface area contributed by atoms with E-state index in [0.717, 1.165) is 24.1 Å².